The van der Waals surface area contributed by atoms with Crippen LogP contribution in [0.3, 0.4) is 0 Å². The van der Waals surface area contributed by atoms with E-state index in [4.69, 9.17) is 11.6 Å². The van der Waals surface area contributed by atoms with Gasteiger partial charge >= 0.3 is 12.6 Å². The molecule has 184 valence electrons. The number of alkyl halides is 2. The van der Waals surface area contributed by atoms with Gasteiger partial charge in [0, 0.05) is 18.3 Å². The molecule has 0 unspecified atom stereocenters. The van der Waals surface area contributed by atoms with E-state index < -0.39 is 24.0 Å². The zero-order valence-electron chi connectivity index (χ0n) is 18.8. The maximum Gasteiger partial charge on any atom is 0.387 e. The summed E-state index contributed by atoms with van der Waals surface area (Å²) in [6.45, 7) is -3.03. The van der Waals surface area contributed by atoms with Crippen LogP contribution in [0.5, 0.6) is 5.75 Å². The Morgan fingerprint density at radius 1 is 0.972 bits per heavy atom. The number of halogens is 4. The van der Waals surface area contributed by atoms with Crippen LogP contribution in [0.4, 0.5) is 23.7 Å². The average Bonchev–Trinajstić information content (AvgIpc) is 2.84. The highest BCUT2D eigenvalue weighted by Gasteiger charge is 2.38. The third kappa shape index (κ3) is 6.14. The van der Waals surface area contributed by atoms with E-state index in [1.54, 1.807) is 30.3 Å². The Bertz CT molecular complexity index is 1320. The monoisotopic (exact) mass is 511 g/mol. The molecule has 9 heteroatoms. The van der Waals surface area contributed by atoms with Crippen molar-refractivity contribution in [2.45, 2.75) is 18.6 Å². The van der Waals surface area contributed by atoms with E-state index in [1.807, 2.05) is 30.3 Å². The second-order valence-electron chi connectivity index (χ2n) is 7.93. The Morgan fingerprint density at radius 3 is 2.44 bits per heavy atom. The maximum absolute atomic E-state index is 13.7. The minimum atomic E-state index is -3.03. The van der Waals surface area contributed by atoms with Gasteiger partial charge in [-0.2, -0.15) is 8.78 Å². The van der Waals surface area contributed by atoms with Crippen LogP contribution in [0.1, 0.15) is 16.8 Å². The first kappa shape index (κ1) is 25.1. The van der Waals surface area contributed by atoms with Crippen molar-refractivity contribution in [2.24, 2.45) is 0 Å². The molecule has 0 aliphatic rings. The molecule has 0 radical (unpaired) electrons. The lowest BCUT2D eigenvalue weighted by Gasteiger charge is -2.35. The number of anilines is 1. The predicted molar refractivity (Wildman–Crippen MR) is 132 cm³/mol. The summed E-state index contributed by atoms with van der Waals surface area (Å²) in [6.07, 6.45) is 1.64. The highest BCUT2D eigenvalue weighted by Crippen LogP contribution is 2.35. The minimum absolute atomic E-state index is 0.0822. The van der Waals surface area contributed by atoms with Crippen LogP contribution in [0.2, 0.25) is 5.02 Å². The van der Waals surface area contributed by atoms with Crippen LogP contribution in [0.25, 0.3) is 0 Å². The van der Waals surface area contributed by atoms with E-state index in [1.165, 1.54) is 36.5 Å². The molecule has 5 nitrogen and oxygen atoms in total. The number of hydrogen-bond acceptors (Lipinski definition) is 3. The summed E-state index contributed by atoms with van der Waals surface area (Å²) in [5.41, 5.74) is 0.568. The zero-order chi connectivity index (χ0) is 25.5. The average molecular weight is 512 g/mol. The largest absolute Gasteiger partial charge is 0.435 e. The molecule has 3 aromatic carbocycles. The summed E-state index contributed by atoms with van der Waals surface area (Å²) in [5, 5.41) is 5.97. The number of nitrogens with one attached hydrogen (secondary N) is 2. The molecule has 0 aliphatic heterocycles. The fourth-order valence-electron chi connectivity index (χ4n) is 3.91. The van der Waals surface area contributed by atoms with Gasteiger partial charge in [0.25, 0.3) is 0 Å². The normalized spacial score (nSPS) is 12.6. The summed E-state index contributed by atoms with van der Waals surface area (Å²) in [5.74, 6) is -0.596. The molecule has 2 amide bonds. The summed E-state index contributed by atoms with van der Waals surface area (Å²) >= 11 is 6.08. The summed E-state index contributed by atoms with van der Waals surface area (Å²) in [6, 6.07) is 23.4. The molecule has 0 fully saturated rings. The van der Waals surface area contributed by atoms with Crippen molar-refractivity contribution in [2.75, 3.05) is 5.32 Å². The number of carbonyl (C=O) groups is 1. The van der Waals surface area contributed by atoms with Crippen LogP contribution >= 0.6 is 11.6 Å². The number of rotatable bonds is 8. The first-order valence-corrected chi connectivity index (χ1v) is 11.3. The second-order valence-corrected chi connectivity index (χ2v) is 8.36. The van der Waals surface area contributed by atoms with Crippen molar-refractivity contribution < 1.29 is 22.7 Å². The second kappa shape index (κ2) is 11.1. The first-order valence-electron chi connectivity index (χ1n) is 10.9. The lowest BCUT2D eigenvalue weighted by Crippen LogP contribution is -2.50. The molecule has 0 spiro atoms. The summed E-state index contributed by atoms with van der Waals surface area (Å²) < 4.78 is 44.3. The molecule has 0 bridgehead atoms. The Morgan fingerprint density at radius 2 is 1.75 bits per heavy atom. The van der Waals surface area contributed by atoms with Crippen LogP contribution in [0.15, 0.2) is 97.2 Å². The van der Waals surface area contributed by atoms with E-state index in [2.05, 4.69) is 20.4 Å². The molecular weight excluding hydrogens is 491 g/mol. The molecule has 4 rings (SSSR count). The van der Waals surface area contributed by atoms with Gasteiger partial charge in [-0.15, -0.1) is 0 Å². The van der Waals surface area contributed by atoms with Crippen molar-refractivity contribution in [3.63, 3.8) is 0 Å². The molecular formula is C27H21ClF3N3O2. The first-order chi connectivity index (χ1) is 17.3. The van der Waals surface area contributed by atoms with Gasteiger partial charge in [0.15, 0.2) is 0 Å². The van der Waals surface area contributed by atoms with Crippen molar-refractivity contribution >= 4 is 23.3 Å². The van der Waals surface area contributed by atoms with Gasteiger partial charge in [-0.05, 0) is 53.6 Å². The van der Waals surface area contributed by atoms with Crippen LogP contribution < -0.4 is 15.4 Å². The third-order valence-electron chi connectivity index (χ3n) is 5.44. The van der Waals surface area contributed by atoms with Gasteiger partial charge in [-0.25, -0.2) is 9.18 Å². The van der Waals surface area contributed by atoms with Gasteiger partial charge in [0.1, 0.15) is 17.1 Å². The number of aromatic nitrogens is 1. The van der Waals surface area contributed by atoms with Gasteiger partial charge < -0.3 is 15.4 Å². The zero-order valence-corrected chi connectivity index (χ0v) is 19.6. The van der Waals surface area contributed by atoms with E-state index >= 15 is 0 Å². The molecule has 1 atom stereocenters. The Hall–Kier alpha value is -4.04. The number of nitrogens with zero attached hydrogens (tertiary/aromatic N) is 1. The van der Waals surface area contributed by atoms with Crippen molar-refractivity contribution in [1.29, 1.82) is 0 Å². The lowest BCUT2D eigenvalue weighted by atomic mass is 9.80. The van der Waals surface area contributed by atoms with E-state index in [9.17, 15) is 18.0 Å². The SMILES string of the molecule is O=C(Nc1cccc(F)c1)N[C@@](Cc1ccccc1)(c1cccc(OC(F)F)c1)c1ccc(Cl)cn1. The molecule has 0 saturated heterocycles. The standard InChI is InChI=1S/C27H21ClF3N3O2/c28-20-12-13-24(32-17-20)27(16-18-6-2-1-3-7-18,19-8-4-11-23(14-19)36-25(30)31)34-26(35)33-22-10-5-9-21(29)15-22/h1-15,17,25H,16H2,(H2,33,34,35)/t27-/m0/s1. The van der Waals surface area contributed by atoms with Crippen molar-refractivity contribution in [1.82, 2.24) is 10.3 Å². The molecule has 1 aromatic heterocycles. The van der Waals surface area contributed by atoms with Crippen LogP contribution in [0, 0.1) is 5.82 Å². The topological polar surface area (TPSA) is 63.2 Å². The van der Waals surface area contributed by atoms with Gasteiger partial charge in [0.05, 0.1) is 10.7 Å². The number of amides is 2. The van der Waals surface area contributed by atoms with Crippen LogP contribution in [-0.2, 0) is 12.0 Å². The van der Waals surface area contributed by atoms with E-state index in [0.717, 1.165) is 5.56 Å². The highest BCUT2D eigenvalue weighted by molar-refractivity contribution is 6.30. The Balaban J connectivity index is 1.84. The number of benzene rings is 3. The van der Waals surface area contributed by atoms with E-state index in [0.29, 0.717) is 16.3 Å². The number of carbonyl (C=O) groups excluding carboxylic acids is 1. The number of pyridine rings is 1. The van der Waals surface area contributed by atoms with E-state index in [-0.39, 0.29) is 17.9 Å². The van der Waals surface area contributed by atoms with Crippen molar-refractivity contribution in [3.8, 4) is 5.75 Å². The fourth-order valence-corrected chi connectivity index (χ4v) is 4.02. The molecule has 2 N–H and O–H groups in total. The quantitative estimate of drug-likeness (QED) is 0.274. The smallest absolute Gasteiger partial charge is 0.387 e. The number of urea groups is 1. The minimum Gasteiger partial charge on any atom is -0.435 e. The fraction of sp³-hybridized carbons (Fsp3) is 0.111. The predicted octanol–water partition coefficient (Wildman–Crippen LogP) is 6.78. The molecule has 0 saturated carbocycles. The van der Waals surface area contributed by atoms with Crippen molar-refractivity contribution in [3.05, 3.63) is 125 Å². The molecule has 4 aromatic rings. The summed E-state index contributed by atoms with van der Waals surface area (Å²) in [7, 11) is 0. The van der Waals surface area contributed by atoms with Gasteiger partial charge in [-0.1, -0.05) is 60.1 Å². The lowest BCUT2D eigenvalue weighted by molar-refractivity contribution is -0.0499. The molecule has 0 aliphatic carbocycles. The molecule has 36 heavy (non-hydrogen) atoms. The Kier molecular flexibility index (Phi) is 7.75. The highest BCUT2D eigenvalue weighted by atomic mass is 35.5. The Labute approximate surface area is 210 Å². The molecule has 1 heterocycles. The van der Waals surface area contributed by atoms with Gasteiger partial charge in [-0.3, -0.25) is 4.98 Å². The number of ether oxygens (including phenoxy) is 1. The van der Waals surface area contributed by atoms with Gasteiger partial charge in [0.2, 0.25) is 0 Å². The maximum atomic E-state index is 13.7. The third-order valence-corrected chi connectivity index (χ3v) is 5.66. The number of hydrogen-bond donors (Lipinski definition) is 2. The summed E-state index contributed by atoms with van der Waals surface area (Å²) in [4.78, 5) is 17.7. The van der Waals surface area contributed by atoms with Crippen LogP contribution in [-0.4, -0.2) is 17.6 Å².